The van der Waals surface area contributed by atoms with E-state index in [1.54, 1.807) is 37.1 Å². The molecule has 1 aliphatic rings. The number of benzene rings is 1. The van der Waals surface area contributed by atoms with Gasteiger partial charge in [0.15, 0.2) is 6.29 Å². The Kier molecular flexibility index (Phi) is 10.2. The van der Waals surface area contributed by atoms with Gasteiger partial charge in [0.2, 0.25) is 6.41 Å². The Bertz CT molecular complexity index is 1340. The lowest BCUT2D eigenvalue weighted by molar-refractivity contribution is -0.108. The Labute approximate surface area is 229 Å². The number of urea groups is 1. The molecule has 39 heavy (non-hydrogen) atoms. The molecule has 12 heteroatoms. The van der Waals surface area contributed by atoms with Crippen molar-refractivity contribution in [1.82, 2.24) is 30.7 Å². The number of nitrogens with one attached hydrogen (secondary N) is 3. The van der Waals surface area contributed by atoms with Crippen LogP contribution in [0.25, 0.3) is 10.6 Å². The van der Waals surface area contributed by atoms with Gasteiger partial charge in [-0.2, -0.15) is 0 Å². The number of amides is 4. The fraction of sp³-hybridized carbons (Fsp3) is 0.370. The summed E-state index contributed by atoms with van der Waals surface area (Å²) in [4.78, 5) is 55.4. The molecule has 0 bridgehead atoms. The Hall–Kier alpha value is -3.79. The summed E-state index contributed by atoms with van der Waals surface area (Å²) < 4.78 is 5.23. The average molecular weight is 555 g/mol. The van der Waals surface area contributed by atoms with Crippen molar-refractivity contribution in [2.45, 2.75) is 19.0 Å². The van der Waals surface area contributed by atoms with E-state index in [1.807, 2.05) is 19.2 Å². The van der Waals surface area contributed by atoms with Gasteiger partial charge >= 0.3 is 6.03 Å². The fourth-order valence-electron chi connectivity index (χ4n) is 4.23. The number of carbonyl (C=O) groups excluding carboxylic acids is 4. The molecule has 11 nitrogen and oxygen atoms in total. The predicted octanol–water partition coefficient (Wildman–Crippen LogP) is 2.18. The van der Waals surface area contributed by atoms with Crippen LogP contribution in [0.5, 0.6) is 5.75 Å². The van der Waals surface area contributed by atoms with Crippen molar-refractivity contribution in [3.8, 4) is 5.75 Å². The number of fused-ring (bicyclic) bond motifs is 2. The van der Waals surface area contributed by atoms with Crippen LogP contribution >= 0.6 is 8.19 Å². The van der Waals surface area contributed by atoms with Crippen molar-refractivity contribution in [2.75, 3.05) is 47.9 Å². The van der Waals surface area contributed by atoms with Crippen LogP contribution in [0.3, 0.4) is 0 Å². The summed E-state index contributed by atoms with van der Waals surface area (Å²) in [5.74, 6) is 0.432. The summed E-state index contributed by atoms with van der Waals surface area (Å²) in [6.45, 7) is 4.58. The zero-order valence-corrected chi connectivity index (χ0v) is 23.8. The number of hydrogen-bond acceptors (Lipinski definition) is 8. The zero-order valence-electron chi connectivity index (χ0n) is 22.8. The highest BCUT2D eigenvalue weighted by molar-refractivity contribution is 7.38. The molecule has 0 radical (unpaired) electrons. The molecule has 2 atom stereocenters. The summed E-state index contributed by atoms with van der Waals surface area (Å²) in [7, 11) is 7.78. The summed E-state index contributed by atoms with van der Waals surface area (Å²) >= 11 is 0. The van der Waals surface area contributed by atoms with Gasteiger partial charge in [-0.1, -0.05) is 6.07 Å². The molecule has 3 aromatic rings. The molecule has 0 fully saturated rings. The molecule has 1 aliphatic heterocycles. The number of ether oxygens (including phenoxy) is 1. The molecule has 3 heterocycles. The number of hydrogen-bond donors (Lipinski definition) is 3. The summed E-state index contributed by atoms with van der Waals surface area (Å²) in [5.41, 5.74) is 1.65. The van der Waals surface area contributed by atoms with Crippen molar-refractivity contribution < 1.29 is 23.9 Å². The van der Waals surface area contributed by atoms with E-state index in [1.165, 1.54) is 6.20 Å². The van der Waals surface area contributed by atoms with E-state index in [-0.39, 0.29) is 20.6 Å². The predicted molar refractivity (Wildman–Crippen MR) is 152 cm³/mol. The summed E-state index contributed by atoms with van der Waals surface area (Å²) in [6.07, 6.45) is 2.53. The largest absolute Gasteiger partial charge is 0.497 e. The van der Waals surface area contributed by atoms with Crippen molar-refractivity contribution in [3.63, 3.8) is 0 Å². The monoisotopic (exact) mass is 554 g/mol. The van der Waals surface area contributed by atoms with Crippen molar-refractivity contribution >= 4 is 43.5 Å². The summed E-state index contributed by atoms with van der Waals surface area (Å²) in [5, 5.41) is 9.71. The molecular formula is C27H35N6O5P. The third-order valence-electron chi connectivity index (χ3n) is 6.31. The number of methoxy groups -OCH3 is 1. The first-order valence-electron chi connectivity index (χ1n) is 12.4. The van der Waals surface area contributed by atoms with E-state index in [0.717, 1.165) is 35.4 Å². The second-order valence-electron chi connectivity index (χ2n) is 9.64. The van der Waals surface area contributed by atoms with Crippen LogP contribution in [0.1, 0.15) is 38.5 Å². The number of likely N-dealkylation sites (N-methyl/N-ethyl adjacent to an activating group) is 2. The third-order valence-corrected chi connectivity index (χ3v) is 7.95. The Morgan fingerprint density at radius 3 is 2.64 bits per heavy atom. The van der Waals surface area contributed by atoms with Gasteiger partial charge < -0.3 is 25.2 Å². The molecule has 2 aromatic heterocycles. The number of pyridine rings is 1. The van der Waals surface area contributed by atoms with Gasteiger partial charge in [0.25, 0.3) is 5.91 Å². The Balaban J connectivity index is 0.000000532. The SMILES string of the molecule is CNCCN(C)C.COc1ccc2c(c1)C(=O)N(C[C@](C)(NC(=O)NC=O)c1cc3ncc(C=O)cc3[pH]1)C2. The maximum Gasteiger partial charge on any atom is 0.321 e. The maximum absolute atomic E-state index is 13.1. The molecule has 1 unspecified atom stereocenters. The van der Waals surface area contributed by atoms with Crippen LogP contribution in [0.4, 0.5) is 4.79 Å². The van der Waals surface area contributed by atoms with Crippen molar-refractivity contribution in [3.05, 3.63) is 58.5 Å². The van der Waals surface area contributed by atoms with E-state index in [9.17, 15) is 19.2 Å². The minimum absolute atomic E-state index is 0.146. The zero-order chi connectivity index (χ0) is 28.6. The Morgan fingerprint density at radius 2 is 2.03 bits per heavy atom. The molecular weight excluding hydrogens is 519 g/mol. The van der Waals surface area contributed by atoms with Crippen LogP contribution in [0.15, 0.2) is 36.5 Å². The van der Waals surface area contributed by atoms with Gasteiger partial charge in [-0.05, 0) is 63.2 Å². The van der Waals surface area contributed by atoms with Gasteiger partial charge in [0.1, 0.15) is 5.75 Å². The smallest absolute Gasteiger partial charge is 0.321 e. The summed E-state index contributed by atoms with van der Waals surface area (Å²) in [6, 6.07) is 8.33. The molecule has 0 aliphatic carbocycles. The van der Waals surface area contributed by atoms with E-state index >= 15 is 0 Å². The van der Waals surface area contributed by atoms with E-state index < -0.39 is 11.6 Å². The molecule has 4 rings (SSSR count). The highest BCUT2D eigenvalue weighted by Gasteiger charge is 2.37. The van der Waals surface area contributed by atoms with Gasteiger partial charge in [-0.3, -0.25) is 24.7 Å². The quantitative estimate of drug-likeness (QED) is 0.325. The topological polar surface area (TPSA) is 133 Å². The van der Waals surface area contributed by atoms with Gasteiger partial charge in [-0.25, -0.2) is 4.79 Å². The van der Waals surface area contributed by atoms with Crippen molar-refractivity contribution in [1.29, 1.82) is 0 Å². The fourth-order valence-corrected chi connectivity index (χ4v) is 5.65. The molecule has 0 saturated carbocycles. The lowest BCUT2D eigenvalue weighted by atomic mass is 9.99. The highest BCUT2D eigenvalue weighted by Crippen LogP contribution is 2.38. The van der Waals surface area contributed by atoms with Gasteiger partial charge in [-0.15, -0.1) is 8.19 Å². The van der Waals surface area contributed by atoms with Gasteiger partial charge in [0.05, 0.1) is 18.2 Å². The maximum atomic E-state index is 13.1. The lowest BCUT2D eigenvalue weighted by Crippen LogP contribution is -2.53. The lowest BCUT2D eigenvalue weighted by Gasteiger charge is -2.34. The Morgan fingerprint density at radius 1 is 1.26 bits per heavy atom. The number of aldehydes is 1. The number of imide groups is 1. The molecule has 208 valence electrons. The normalized spacial score (nSPS) is 14.0. The first-order valence-corrected chi connectivity index (χ1v) is 13.4. The molecule has 4 amide bonds. The van der Waals surface area contributed by atoms with Gasteiger partial charge in [0, 0.05) is 48.6 Å². The first kappa shape index (κ1) is 29.8. The third kappa shape index (κ3) is 7.41. The number of nitrogens with zero attached hydrogens (tertiary/aromatic N) is 3. The van der Waals surface area contributed by atoms with Crippen molar-refractivity contribution in [2.24, 2.45) is 0 Å². The van der Waals surface area contributed by atoms with E-state index in [2.05, 4.69) is 39.9 Å². The van der Waals surface area contributed by atoms with Crippen LogP contribution < -0.4 is 20.7 Å². The minimum atomic E-state index is -0.977. The second kappa shape index (κ2) is 13.3. The van der Waals surface area contributed by atoms with Crippen LogP contribution in [0, 0.1) is 0 Å². The second-order valence-corrected chi connectivity index (χ2v) is 11.0. The molecule has 0 saturated heterocycles. The van der Waals surface area contributed by atoms with Crippen LogP contribution in [-0.4, -0.2) is 87.3 Å². The van der Waals surface area contributed by atoms with E-state index in [4.69, 9.17) is 4.74 Å². The average Bonchev–Trinajstić information content (AvgIpc) is 3.48. The number of aromatic nitrogens is 1. The van der Waals surface area contributed by atoms with E-state index in [0.29, 0.717) is 35.3 Å². The first-order chi connectivity index (χ1) is 18.6. The van der Waals surface area contributed by atoms with Crippen LogP contribution in [0.2, 0.25) is 0 Å². The number of rotatable bonds is 10. The minimum Gasteiger partial charge on any atom is -0.497 e. The highest BCUT2D eigenvalue weighted by atomic mass is 31.0. The molecule has 3 N–H and O–H groups in total. The molecule has 1 aromatic carbocycles. The standard InChI is InChI=1S/C22H21N4O5P.C5H14N2/c1-22(25-21(30)24-12-28,19-7-17-18(32-19)5-13(10-27)8-23-17)11-26-9-14-3-4-15(31-2)6-16(14)20(26)29;1-6-4-5-7(2)3/h3-8,10,12,32H,9,11H2,1-2H3,(H2,24,25,28,30);6H,4-5H2,1-3H3/t22-;/m0./s1. The number of carbonyl (C=O) groups is 4. The van der Waals surface area contributed by atoms with Crippen LogP contribution in [-0.2, 0) is 16.9 Å². The molecule has 0 spiro atoms.